The minimum Gasteiger partial charge on any atom is -0.494 e. The van der Waals surface area contributed by atoms with E-state index < -0.39 is 0 Å². The molecule has 0 aromatic heterocycles. The van der Waals surface area contributed by atoms with Crippen molar-refractivity contribution in [1.29, 1.82) is 0 Å². The van der Waals surface area contributed by atoms with Gasteiger partial charge in [-0.25, -0.2) is 4.99 Å². The molecule has 4 N–H and O–H groups in total. The lowest BCUT2D eigenvalue weighted by molar-refractivity contribution is 0.258. The van der Waals surface area contributed by atoms with Gasteiger partial charge in [-0.2, -0.15) is 4.99 Å². The average molecular weight is 429 g/mol. The van der Waals surface area contributed by atoms with E-state index in [9.17, 15) is 0 Å². The van der Waals surface area contributed by atoms with Crippen LogP contribution in [0.3, 0.4) is 0 Å². The second-order valence-corrected chi connectivity index (χ2v) is 6.60. The Balaban J connectivity index is 0.00000261. The molecule has 0 saturated carbocycles. The third-order valence-electron chi connectivity index (χ3n) is 3.87. The van der Waals surface area contributed by atoms with Crippen molar-refractivity contribution in [1.82, 2.24) is 4.90 Å². The molecule has 1 aliphatic rings. The predicted molar refractivity (Wildman–Crippen MR) is 113 cm³/mol. The number of benzene rings is 2. The van der Waals surface area contributed by atoms with E-state index in [1.54, 1.807) is 12.1 Å². The molecule has 0 spiro atoms. The Morgan fingerprint density at radius 2 is 1.56 bits per heavy atom. The fourth-order valence-corrected chi connectivity index (χ4v) is 2.86. The van der Waals surface area contributed by atoms with Gasteiger partial charge in [0.15, 0.2) is 6.17 Å². The van der Waals surface area contributed by atoms with Crippen LogP contribution in [0.1, 0.15) is 18.2 Å². The molecular formula is C18H20Cl3N5O. The van der Waals surface area contributed by atoms with E-state index in [2.05, 4.69) is 9.98 Å². The summed E-state index contributed by atoms with van der Waals surface area (Å²) < 4.78 is 5.72. The van der Waals surface area contributed by atoms with E-state index in [0.717, 1.165) is 17.7 Å². The Morgan fingerprint density at radius 1 is 0.963 bits per heavy atom. The summed E-state index contributed by atoms with van der Waals surface area (Å²) in [4.78, 5) is 10.4. The molecule has 9 heteroatoms. The van der Waals surface area contributed by atoms with Gasteiger partial charge in [0.25, 0.3) is 0 Å². The van der Waals surface area contributed by atoms with Crippen molar-refractivity contribution >= 4 is 47.5 Å². The smallest absolute Gasteiger partial charge is 0.220 e. The van der Waals surface area contributed by atoms with Gasteiger partial charge in [-0.15, -0.1) is 12.4 Å². The number of hydrogen-bond donors (Lipinski definition) is 2. The number of nitrogens with zero attached hydrogens (tertiary/aromatic N) is 3. The Morgan fingerprint density at radius 3 is 2.19 bits per heavy atom. The van der Waals surface area contributed by atoms with Gasteiger partial charge in [0.05, 0.1) is 6.61 Å². The van der Waals surface area contributed by atoms with Crippen LogP contribution in [0, 0.1) is 0 Å². The molecule has 2 aromatic carbocycles. The van der Waals surface area contributed by atoms with Crippen molar-refractivity contribution in [3.8, 4) is 5.75 Å². The minimum absolute atomic E-state index is 0. The maximum atomic E-state index is 6.07. The van der Waals surface area contributed by atoms with Crippen LogP contribution in [0.4, 0.5) is 0 Å². The normalized spacial score (nSPS) is 16.2. The lowest BCUT2D eigenvalue weighted by atomic mass is 10.1. The first-order valence-electron chi connectivity index (χ1n) is 8.11. The van der Waals surface area contributed by atoms with Crippen molar-refractivity contribution < 1.29 is 4.74 Å². The van der Waals surface area contributed by atoms with Crippen LogP contribution < -0.4 is 16.2 Å². The van der Waals surface area contributed by atoms with Gasteiger partial charge >= 0.3 is 0 Å². The van der Waals surface area contributed by atoms with E-state index >= 15 is 0 Å². The van der Waals surface area contributed by atoms with E-state index in [1.165, 1.54) is 0 Å². The largest absolute Gasteiger partial charge is 0.494 e. The maximum Gasteiger partial charge on any atom is 0.220 e. The summed E-state index contributed by atoms with van der Waals surface area (Å²) in [6, 6.07) is 14.7. The molecule has 0 amide bonds. The summed E-state index contributed by atoms with van der Waals surface area (Å²) in [5, 5.41) is 1.34. The molecule has 1 unspecified atom stereocenters. The summed E-state index contributed by atoms with van der Waals surface area (Å²) in [6.07, 6.45) is 0.401. The molecule has 1 atom stereocenters. The molecule has 0 bridgehead atoms. The zero-order valence-corrected chi connectivity index (χ0v) is 16.7. The highest BCUT2D eigenvalue weighted by Crippen LogP contribution is 2.26. The third kappa shape index (κ3) is 5.66. The van der Waals surface area contributed by atoms with Crippen molar-refractivity contribution in [2.24, 2.45) is 21.5 Å². The molecule has 6 nitrogen and oxygen atoms in total. The van der Waals surface area contributed by atoms with Crippen molar-refractivity contribution in [2.75, 3.05) is 13.2 Å². The van der Waals surface area contributed by atoms with Gasteiger partial charge in [-0.3, -0.25) is 0 Å². The van der Waals surface area contributed by atoms with Gasteiger partial charge in [-0.05, 0) is 48.4 Å². The monoisotopic (exact) mass is 427 g/mol. The molecule has 3 rings (SSSR count). The van der Waals surface area contributed by atoms with Crippen LogP contribution in [0.25, 0.3) is 0 Å². The molecule has 1 heterocycles. The summed E-state index contributed by atoms with van der Waals surface area (Å²) in [5.74, 6) is 1.27. The number of rotatable bonds is 6. The predicted octanol–water partition coefficient (Wildman–Crippen LogP) is 3.83. The van der Waals surface area contributed by atoms with Gasteiger partial charge < -0.3 is 21.1 Å². The first-order chi connectivity index (χ1) is 12.5. The Bertz CT molecular complexity index is 809. The van der Waals surface area contributed by atoms with E-state index in [4.69, 9.17) is 39.4 Å². The second-order valence-electron chi connectivity index (χ2n) is 5.73. The molecule has 0 fully saturated rings. The molecule has 1 aliphatic heterocycles. The Labute approximate surface area is 174 Å². The first-order valence-corrected chi connectivity index (χ1v) is 8.86. The molecule has 0 saturated heterocycles. The SMILES string of the molecule is Cl.NC1=NC(c2ccc(Cl)cc2)N(CCCOc2ccc(Cl)cc2)C(N)=N1. The molecular weight excluding hydrogens is 409 g/mol. The zero-order valence-electron chi connectivity index (χ0n) is 14.4. The van der Waals surface area contributed by atoms with Gasteiger partial charge in [0.2, 0.25) is 11.9 Å². The number of hydrogen-bond acceptors (Lipinski definition) is 6. The Kier molecular flexibility index (Phi) is 7.59. The summed E-state index contributed by atoms with van der Waals surface area (Å²) >= 11 is 11.8. The van der Waals surface area contributed by atoms with Gasteiger partial charge in [-0.1, -0.05) is 35.3 Å². The van der Waals surface area contributed by atoms with E-state index in [-0.39, 0.29) is 24.5 Å². The molecule has 0 aliphatic carbocycles. The van der Waals surface area contributed by atoms with E-state index in [0.29, 0.717) is 29.2 Å². The highest BCUT2D eigenvalue weighted by Gasteiger charge is 2.25. The number of aliphatic imine (C=N–C) groups is 2. The Hall–Kier alpha value is -2.15. The molecule has 144 valence electrons. The highest BCUT2D eigenvalue weighted by atomic mass is 35.5. The van der Waals surface area contributed by atoms with Crippen LogP contribution >= 0.6 is 35.6 Å². The quantitative estimate of drug-likeness (QED) is 0.684. The molecule has 0 radical (unpaired) electrons. The van der Waals surface area contributed by atoms with Gasteiger partial charge in [0.1, 0.15) is 5.75 Å². The average Bonchev–Trinajstić information content (AvgIpc) is 2.62. The highest BCUT2D eigenvalue weighted by molar-refractivity contribution is 6.30. The second kappa shape index (κ2) is 9.69. The molecule has 27 heavy (non-hydrogen) atoms. The summed E-state index contributed by atoms with van der Waals surface area (Å²) in [5.41, 5.74) is 12.8. The lowest BCUT2D eigenvalue weighted by Crippen LogP contribution is -2.44. The summed E-state index contributed by atoms with van der Waals surface area (Å²) in [6.45, 7) is 1.14. The molecule has 2 aromatic rings. The van der Waals surface area contributed by atoms with Crippen LogP contribution in [0.2, 0.25) is 10.0 Å². The standard InChI is InChI=1S/C18H19Cl2N5O.ClH/c19-13-4-2-12(3-5-13)16-23-17(21)24-18(22)25(16)10-1-11-26-15-8-6-14(20)7-9-15;/h2-9,16H,1,10-11H2,(H4,21,22,23,24);1H. The third-order valence-corrected chi connectivity index (χ3v) is 4.37. The number of halogens is 3. The van der Waals surface area contributed by atoms with Crippen molar-refractivity contribution in [2.45, 2.75) is 12.6 Å². The zero-order chi connectivity index (χ0) is 18.5. The first kappa shape index (κ1) is 21.2. The fourth-order valence-electron chi connectivity index (χ4n) is 2.61. The number of nitrogens with two attached hydrogens (primary N) is 2. The van der Waals surface area contributed by atoms with E-state index in [1.807, 2.05) is 41.3 Å². The fraction of sp³-hybridized carbons (Fsp3) is 0.222. The lowest BCUT2D eigenvalue weighted by Gasteiger charge is -2.32. The summed E-state index contributed by atoms with van der Waals surface area (Å²) in [7, 11) is 0. The van der Waals surface area contributed by atoms with Crippen LogP contribution in [-0.2, 0) is 0 Å². The van der Waals surface area contributed by atoms with Gasteiger partial charge in [0, 0.05) is 16.6 Å². The van der Waals surface area contributed by atoms with Crippen LogP contribution in [0.15, 0.2) is 58.5 Å². The maximum absolute atomic E-state index is 6.07. The number of ether oxygens (including phenoxy) is 1. The number of guanidine groups is 2. The minimum atomic E-state index is -0.333. The van der Waals surface area contributed by atoms with Crippen LogP contribution in [-0.4, -0.2) is 30.0 Å². The van der Waals surface area contributed by atoms with Crippen molar-refractivity contribution in [3.05, 3.63) is 64.1 Å². The van der Waals surface area contributed by atoms with Crippen LogP contribution in [0.5, 0.6) is 5.75 Å². The topological polar surface area (TPSA) is 89.2 Å². The van der Waals surface area contributed by atoms with Crippen molar-refractivity contribution in [3.63, 3.8) is 0 Å².